The number of fused-ring (bicyclic) bond motifs is 5. The van der Waals surface area contributed by atoms with Crippen LogP contribution in [-0.4, -0.2) is 89.6 Å². The molecule has 2 aromatic heterocycles. The van der Waals surface area contributed by atoms with E-state index in [4.69, 9.17) is 9.97 Å². The third-order valence-electron chi connectivity index (χ3n) is 15.6. The summed E-state index contributed by atoms with van der Waals surface area (Å²) in [6, 6.07) is 36.1. The first-order valence-electron chi connectivity index (χ1n) is 24.5. The van der Waals surface area contributed by atoms with Crippen molar-refractivity contribution in [3.63, 3.8) is 0 Å². The summed E-state index contributed by atoms with van der Waals surface area (Å²) in [5.74, 6) is 3.31. The second-order valence-corrected chi connectivity index (χ2v) is 19.1. The second-order valence-electron chi connectivity index (χ2n) is 19.1. The molecule has 2 amide bonds. The number of aryl methyl sites for hydroxylation is 2. The number of likely N-dealkylation sites (N-methyl/N-ethyl adjacent to an activating group) is 2. The first-order valence-corrected chi connectivity index (χ1v) is 24.5. The fourth-order valence-corrected chi connectivity index (χ4v) is 11.9. The lowest BCUT2D eigenvalue weighted by molar-refractivity contribution is -0.140. The molecule has 5 aliphatic rings. The number of rotatable bonds is 14. The molecule has 6 aromatic rings. The molecular formula is C55H62N8O2. The van der Waals surface area contributed by atoms with Crippen LogP contribution >= 0.6 is 0 Å². The van der Waals surface area contributed by atoms with E-state index in [1.54, 1.807) is 0 Å². The number of nitrogens with zero attached hydrogens (tertiary/aromatic N) is 6. The molecule has 2 saturated carbocycles. The molecule has 0 radical (unpaired) electrons. The largest absolute Gasteiger partial charge is 0.344 e. The third kappa shape index (κ3) is 7.52. The summed E-state index contributed by atoms with van der Waals surface area (Å²) < 4.78 is 0. The number of piperidine rings is 2. The van der Waals surface area contributed by atoms with Crippen molar-refractivity contribution in [3.8, 4) is 33.6 Å². The zero-order valence-corrected chi connectivity index (χ0v) is 38.3. The van der Waals surface area contributed by atoms with Crippen molar-refractivity contribution in [1.29, 1.82) is 0 Å². The Bertz CT molecular complexity index is 2670. The number of aromatic amines is 2. The molecular weight excluding hydrogens is 805 g/mol. The number of aromatic nitrogens is 4. The summed E-state index contributed by atoms with van der Waals surface area (Å²) in [6.45, 7) is 11.8. The Labute approximate surface area is 383 Å². The van der Waals surface area contributed by atoms with Gasteiger partial charge in [0.1, 0.15) is 23.7 Å². The molecule has 4 heterocycles. The minimum atomic E-state index is -0.302. The molecule has 65 heavy (non-hydrogen) atoms. The number of imidazole rings is 2. The zero-order chi connectivity index (χ0) is 44.3. The summed E-state index contributed by atoms with van der Waals surface area (Å²) in [4.78, 5) is 56.0. The van der Waals surface area contributed by atoms with Gasteiger partial charge in [-0.3, -0.25) is 19.4 Å². The number of amides is 2. The van der Waals surface area contributed by atoms with E-state index in [-0.39, 0.29) is 36.0 Å². The van der Waals surface area contributed by atoms with E-state index in [1.165, 1.54) is 27.9 Å². The molecule has 2 saturated heterocycles. The van der Waals surface area contributed by atoms with Crippen molar-refractivity contribution < 1.29 is 9.59 Å². The topological polar surface area (TPSA) is 104 Å². The minimum Gasteiger partial charge on any atom is -0.344 e. The van der Waals surface area contributed by atoms with E-state index in [9.17, 15) is 9.59 Å². The van der Waals surface area contributed by atoms with Crippen LogP contribution in [0.15, 0.2) is 109 Å². The van der Waals surface area contributed by atoms with E-state index in [2.05, 4.69) is 124 Å². The van der Waals surface area contributed by atoms with Crippen molar-refractivity contribution in [1.82, 2.24) is 39.5 Å². The van der Waals surface area contributed by atoms with Gasteiger partial charge in [-0.1, -0.05) is 131 Å². The van der Waals surface area contributed by atoms with Crippen molar-refractivity contribution in [2.75, 3.05) is 26.2 Å². The predicted molar refractivity (Wildman–Crippen MR) is 255 cm³/mol. The summed E-state index contributed by atoms with van der Waals surface area (Å²) in [6.07, 6.45) is 8.99. The van der Waals surface area contributed by atoms with Gasteiger partial charge in [-0.25, -0.2) is 9.97 Å². The van der Waals surface area contributed by atoms with Crippen molar-refractivity contribution in [2.45, 2.75) is 109 Å². The van der Waals surface area contributed by atoms with Gasteiger partial charge in [0, 0.05) is 23.3 Å². The monoisotopic (exact) mass is 866 g/mol. The molecule has 0 bridgehead atoms. The number of H-pyrrole nitrogens is 2. The number of hydrogen-bond donors (Lipinski definition) is 2. The van der Waals surface area contributed by atoms with Gasteiger partial charge >= 0.3 is 0 Å². The summed E-state index contributed by atoms with van der Waals surface area (Å²) in [5, 5.41) is 0. The molecule has 2 aliphatic heterocycles. The fourth-order valence-electron chi connectivity index (χ4n) is 11.9. The molecule has 10 nitrogen and oxygen atoms in total. The van der Waals surface area contributed by atoms with Crippen LogP contribution < -0.4 is 0 Å². The van der Waals surface area contributed by atoms with E-state index < -0.39 is 0 Å². The minimum absolute atomic E-state index is 0.0399. The SMILES string of the molecule is CCN(CC)[C@@H](C(=O)N1[C@@H]2CC2C[C@H]1c1ncc(-c2ccc(-c3ccc4c(c3)CCCc3[nH]c([C@@H]5C[C@H]6C[C@H]6N5C(=O)[C@@H](c5ccccc5)N(CC)CC)nc3-4)cc2)[nH]1)c1ccccc1. The van der Waals surface area contributed by atoms with E-state index in [0.717, 1.165) is 111 Å². The van der Waals surface area contributed by atoms with Gasteiger partial charge in [0.2, 0.25) is 11.8 Å². The lowest BCUT2D eigenvalue weighted by Gasteiger charge is -2.35. The Kier molecular flexibility index (Phi) is 11.1. The van der Waals surface area contributed by atoms with Crippen LogP contribution in [-0.2, 0) is 22.4 Å². The van der Waals surface area contributed by atoms with E-state index >= 15 is 0 Å². The molecule has 0 spiro atoms. The average Bonchev–Trinajstić information content (AvgIpc) is 4.01. The number of carbonyl (C=O) groups excluding carboxylic acids is 2. The highest BCUT2D eigenvalue weighted by atomic mass is 16.2. The molecule has 2 N–H and O–H groups in total. The van der Waals surface area contributed by atoms with Crippen LogP contribution in [0.2, 0.25) is 0 Å². The Hall–Kier alpha value is -5.84. The summed E-state index contributed by atoms with van der Waals surface area (Å²) in [7, 11) is 0. The van der Waals surface area contributed by atoms with Crippen molar-refractivity contribution >= 4 is 11.8 Å². The van der Waals surface area contributed by atoms with Crippen LogP contribution in [0.5, 0.6) is 0 Å². The van der Waals surface area contributed by atoms with Crippen LogP contribution in [0.4, 0.5) is 0 Å². The maximum Gasteiger partial charge on any atom is 0.245 e. The Morgan fingerprint density at radius 1 is 0.631 bits per heavy atom. The maximum absolute atomic E-state index is 14.7. The van der Waals surface area contributed by atoms with Gasteiger partial charge in [-0.2, -0.15) is 0 Å². The van der Waals surface area contributed by atoms with Gasteiger partial charge in [0.15, 0.2) is 0 Å². The average molecular weight is 867 g/mol. The Morgan fingerprint density at radius 2 is 1.17 bits per heavy atom. The van der Waals surface area contributed by atoms with Gasteiger partial charge in [-0.15, -0.1) is 0 Å². The second kappa shape index (κ2) is 17.2. The van der Waals surface area contributed by atoms with Gasteiger partial charge in [0.25, 0.3) is 0 Å². The van der Waals surface area contributed by atoms with Crippen LogP contribution in [0.25, 0.3) is 33.6 Å². The first kappa shape index (κ1) is 41.8. The molecule has 10 heteroatoms. The molecule has 11 rings (SSSR count). The number of hydrogen-bond acceptors (Lipinski definition) is 6. The molecule has 8 atom stereocenters. The summed E-state index contributed by atoms with van der Waals surface area (Å²) in [5.41, 5.74) is 11.3. The molecule has 334 valence electrons. The highest BCUT2D eigenvalue weighted by Gasteiger charge is 2.57. The van der Waals surface area contributed by atoms with E-state index in [1.807, 2.05) is 42.6 Å². The first-order chi connectivity index (χ1) is 31.9. The lowest BCUT2D eigenvalue weighted by Crippen LogP contribution is -2.44. The highest BCUT2D eigenvalue weighted by Crippen LogP contribution is 2.56. The number of likely N-dealkylation sites (tertiary alicyclic amines) is 2. The normalized spacial score (nSPS) is 23.7. The molecule has 3 aliphatic carbocycles. The number of benzene rings is 4. The van der Waals surface area contributed by atoms with Gasteiger partial charge in [-0.05, 0) is 116 Å². The Balaban J connectivity index is 0.816. The standard InChI is InChI=1S/C55H62N8O2/c1-5-60(6-2)50(36-16-11-9-12-17-36)54(64)62-45-29-40(45)31-47(62)52-56-33-44(58-52)35-24-22-34(23-25-35)38-26-27-42-39(28-38)20-15-21-43-49(42)59-53(57-43)48-32-41-30-46(41)63(48)55(65)51(61(7-3)8-4)37-18-13-10-14-19-37/h9-14,16-19,22-28,33,40-41,45-48,50-51H,5-8,15,20-21,29-32H2,1-4H3,(H,56,58)(H,57,59)/t40?,41-,45-,46-,47+,48+,50-,51-/m1/s1. The molecule has 4 fully saturated rings. The summed E-state index contributed by atoms with van der Waals surface area (Å²) >= 11 is 0. The quantitative estimate of drug-likeness (QED) is 0.113. The van der Waals surface area contributed by atoms with Crippen LogP contribution in [0.3, 0.4) is 0 Å². The Morgan fingerprint density at radius 3 is 1.74 bits per heavy atom. The van der Waals surface area contributed by atoms with Gasteiger partial charge in [0.05, 0.1) is 29.7 Å². The number of nitrogens with one attached hydrogen (secondary N) is 2. The highest BCUT2D eigenvalue weighted by molar-refractivity contribution is 5.86. The van der Waals surface area contributed by atoms with Gasteiger partial charge < -0.3 is 19.8 Å². The van der Waals surface area contributed by atoms with Crippen LogP contribution in [0.1, 0.15) is 118 Å². The third-order valence-corrected chi connectivity index (χ3v) is 15.6. The van der Waals surface area contributed by atoms with E-state index in [0.29, 0.717) is 23.9 Å². The fraction of sp³-hybridized carbons (Fsp3) is 0.418. The maximum atomic E-state index is 14.7. The lowest BCUT2D eigenvalue weighted by atomic mass is 9.95. The van der Waals surface area contributed by atoms with Crippen molar-refractivity contribution in [2.24, 2.45) is 11.8 Å². The molecule has 1 unspecified atom stereocenters. The predicted octanol–water partition coefficient (Wildman–Crippen LogP) is 10.1. The molecule has 4 aromatic carbocycles. The van der Waals surface area contributed by atoms with Crippen LogP contribution in [0, 0.1) is 11.8 Å². The van der Waals surface area contributed by atoms with Crippen molar-refractivity contribution in [3.05, 3.63) is 143 Å². The number of carbonyl (C=O) groups is 2. The zero-order valence-electron chi connectivity index (χ0n) is 38.3. The smallest absolute Gasteiger partial charge is 0.245 e.